The van der Waals surface area contributed by atoms with E-state index in [0.29, 0.717) is 6.61 Å². The lowest BCUT2D eigenvalue weighted by Crippen LogP contribution is -2.54. The van der Waals surface area contributed by atoms with Crippen LogP contribution in [0, 0.1) is 6.92 Å². The summed E-state index contributed by atoms with van der Waals surface area (Å²) in [6.45, 7) is 4.93. The second kappa shape index (κ2) is 6.36. The van der Waals surface area contributed by atoms with Crippen LogP contribution in [0.2, 0.25) is 0 Å². The predicted molar refractivity (Wildman–Crippen MR) is 101 cm³/mol. The lowest BCUT2D eigenvalue weighted by molar-refractivity contribution is -0.231. The van der Waals surface area contributed by atoms with Crippen molar-refractivity contribution in [1.29, 1.82) is 0 Å². The fourth-order valence-electron chi connectivity index (χ4n) is 4.39. The van der Waals surface area contributed by atoms with E-state index in [1.54, 1.807) is 0 Å². The first kappa shape index (κ1) is 16.3. The Bertz CT molecular complexity index is 808. The van der Waals surface area contributed by atoms with E-state index in [2.05, 4.69) is 35.0 Å². The number of hydrogen-bond acceptors (Lipinski definition) is 4. The Morgan fingerprint density at radius 1 is 1.15 bits per heavy atom. The maximum atomic E-state index is 6.40. The van der Waals surface area contributed by atoms with Crippen molar-refractivity contribution in [2.45, 2.75) is 57.5 Å². The van der Waals surface area contributed by atoms with Crippen molar-refractivity contribution in [3.05, 3.63) is 47.8 Å². The van der Waals surface area contributed by atoms with E-state index in [9.17, 15) is 0 Å². The molecule has 0 radical (unpaired) electrons. The van der Waals surface area contributed by atoms with Gasteiger partial charge >= 0.3 is 0 Å². The molecule has 1 aliphatic carbocycles. The molecule has 0 bridgehead atoms. The van der Waals surface area contributed by atoms with Crippen LogP contribution in [0.3, 0.4) is 0 Å². The third-order valence-corrected chi connectivity index (χ3v) is 6.35. The van der Waals surface area contributed by atoms with Gasteiger partial charge in [-0.05, 0) is 49.1 Å². The summed E-state index contributed by atoms with van der Waals surface area (Å²) >= 11 is 0. The van der Waals surface area contributed by atoms with Crippen molar-refractivity contribution in [2.75, 3.05) is 13.1 Å². The highest BCUT2D eigenvalue weighted by Crippen LogP contribution is 2.40. The molecule has 2 aromatic rings. The third-order valence-electron chi connectivity index (χ3n) is 6.35. The number of benzene rings is 1. The second-order valence-corrected chi connectivity index (χ2v) is 7.94. The molecule has 3 heterocycles. The summed E-state index contributed by atoms with van der Waals surface area (Å²) < 4.78 is 12.7. The smallest absolute Gasteiger partial charge is 0.213 e. The first-order chi connectivity index (χ1) is 12.7. The Labute approximate surface area is 155 Å². The Morgan fingerprint density at radius 2 is 2.00 bits per heavy atom. The molecule has 3 aliphatic rings. The van der Waals surface area contributed by atoms with Gasteiger partial charge in [-0.1, -0.05) is 12.5 Å². The number of hydrogen-bond donors (Lipinski definition) is 0. The first-order valence-corrected chi connectivity index (χ1v) is 9.83. The number of likely N-dealkylation sites (tertiary alicyclic amines) is 1. The number of pyridine rings is 1. The van der Waals surface area contributed by atoms with Gasteiger partial charge in [0.25, 0.3) is 0 Å². The molecule has 1 aromatic heterocycles. The zero-order chi connectivity index (χ0) is 17.6. The predicted octanol–water partition coefficient (Wildman–Crippen LogP) is 4.31. The van der Waals surface area contributed by atoms with Crippen LogP contribution in [0.1, 0.15) is 43.2 Å². The first-order valence-electron chi connectivity index (χ1n) is 9.83. The van der Waals surface area contributed by atoms with Gasteiger partial charge in [0, 0.05) is 55.5 Å². The molecule has 4 heteroatoms. The average Bonchev–Trinajstić information content (AvgIpc) is 2.62. The summed E-state index contributed by atoms with van der Waals surface area (Å²) in [5.41, 5.74) is 4.72. The van der Waals surface area contributed by atoms with Crippen molar-refractivity contribution < 1.29 is 9.47 Å². The van der Waals surface area contributed by atoms with Gasteiger partial charge in [-0.2, -0.15) is 0 Å². The maximum absolute atomic E-state index is 6.40. The van der Waals surface area contributed by atoms with E-state index in [4.69, 9.17) is 9.47 Å². The SMILES string of the molecule is Cc1ccncc1-c1ccc2c(c1)COC1(CCN(C3CCC3)CC1)O2. The Kier molecular flexibility index (Phi) is 3.98. The highest BCUT2D eigenvalue weighted by atomic mass is 16.7. The van der Waals surface area contributed by atoms with E-state index < -0.39 is 5.79 Å². The molecule has 1 saturated heterocycles. The summed E-state index contributed by atoms with van der Waals surface area (Å²) in [4.78, 5) is 6.90. The molecule has 0 unspecified atom stereocenters. The Morgan fingerprint density at radius 3 is 2.73 bits per heavy atom. The lowest BCUT2D eigenvalue weighted by atomic mass is 9.89. The fraction of sp³-hybridized carbons (Fsp3) is 0.500. The third kappa shape index (κ3) is 2.81. The van der Waals surface area contributed by atoms with Crippen molar-refractivity contribution >= 4 is 0 Å². The Hall–Kier alpha value is -1.91. The van der Waals surface area contributed by atoms with Crippen LogP contribution in [0.5, 0.6) is 5.75 Å². The molecule has 0 amide bonds. The molecule has 1 aromatic carbocycles. The van der Waals surface area contributed by atoms with Crippen molar-refractivity contribution in [3.63, 3.8) is 0 Å². The molecule has 5 rings (SSSR count). The van der Waals surface area contributed by atoms with Gasteiger partial charge in [0.15, 0.2) is 0 Å². The summed E-state index contributed by atoms with van der Waals surface area (Å²) in [5, 5.41) is 0. The van der Waals surface area contributed by atoms with Gasteiger partial charge in [0.2, 0.25) is 5.79 Å². The van der Waals surface area contributed by atoms with Gasteiger partial charge in [-0.15, -0.1) is 0 Å². The van der Waals surface area contributed by atoms with Gasteiger partial charge in [-0.25, -0.2) is 0 Å². The zero-order valence-corrected chi connectivity index (χ0v) is 15.4. The van der Waals surface area contributed by atoms with Gasteiger partial charge in [-0.3, -0.25) is 9.88 Å². The number of ether oxygens (including phenoxy) is 2. The number of fused-ring (bicyclic) bond motifs is 1. The largest absolute Gasteiger partial charge is 0.462 e. The summed E-state index contributed by atoms with van der Waals surface area (Å²) in [7, 11) is 0. The molecule has 2 fully saturated rings. The molecule has 26 heavy (non-hydrogen) atoms. The molecule has 4 nitrogen and oxygen atoms in total. The van der Waals surface area contributed by atoms with Crippen LogP contribution in [-0.4, -0.2) is 34.8 Å². The van der Waals surface area contributed by atoms with Gasteiger partial charge in [0.1, 0.15) is 5.75 Å². The maximum Gasteiger partial charge on any atom is 0.213 e. The van der Waals surface area contributed by atoms with Crippen LogP contribution in [0.4, 0.5) is 0 Å². The lowest BCUT2D eigenvalue weighted by Gasteiger charge is -2.47. The molecular weight excluding hydrogens is 324 g/mol. The van der Waals surface area contributed by atoms with E-state index in [-0.39, 0.29) is 0 Å². The molecule has 0 N–H and O–H groups in total. The van der Waals surface area contributed by atoms with E-state index >= 15 is 0 Å². The fourth-order valence-corrected chi connectivity index (χ4v) is 4.39. The number of nitrogens with zero attached hydrogens (tertiary/aromatic N) is 2. The average molecular weight is 350 g/mol. The summed E-state index contributed by atoms with van der Waals surface area (Å²) in [5.74, 6) is 0.567. The van der Waals surface area contributed by atoms with E-state index in [1.165, 1.54) is 36.0 Å². The topological polar surface area (TPSA) is 34.6 Å². The molecule has 0 atom stereocenters. The minimum atomic E-state index is -0.418. The van der Waals surface area contributed by atoms with Gasteiger partial charge < -0.3 is 9.47 Å². The number of aromatic nitrogens is 1. The molecule has 2 aliphatic heterocycles. The van der Waals surface area contributed by atoms with Gasteiger partial charge in [0.05, 0.1) is 6.61 Å². The summed E-state index contributed by atoms with van der Waals surface area (Å²) in [6, 6.07) is 9.31. The van der Waals surface area contributed by atoms with E-state index in [0.717, 1.165) is 43.3 Å². The highest BCUT2D eigenvalue weighted by molar-refractivity contribution is 5.68. The van der Waals surface area contributed by atoms with Crippen LogP contribution < -0.4 is 4.74 Å². The normalized spacial score (nSPS) is 22.5. The van der Waals surface area contributed by atoms with Crippen molar-refractivity contribution in [2.24, 2.45) is 0 Å². The molecule has 136 valence electrons. The standard InChI is InChI=1S/C22H26N2O2/c1-16-7-10-23-14-20(16)17-5-6-21-18(13-17)15-25-22(26-21)8-11-24(12-9-22)19-3-2-4-19/h5-7,10,13-14,19H,2-4,8-9,11-12,15H2,1H3. The molecule has 1 spiro atoms. The minimum absolute atomic E-state index is 0.418. The monoisotopic (exact) mass is 350 g/mol. The number of rotatable bonds is 2. The highest BCUT2D eigenvalue weighted by Gasteiger charge is 2.42. The van der Waals surface area contributed by atoms with Crippen LogP contribution in [0.15, 0.2) is 36.7 Å². The Balaban J connectivity index is 1.33. The number of aryl methyl sites for hydroxylation is 1. The van der Waals surface area contributed by atoms with Crippen molar-refractivity contribution in [1.82, 2.24) is 9.88 Å². The summed E-state index contributed by atoms with van der Waals surface area (Å²) in [6.07, 6.45) is 9.83. The second-order valence-electron chi connectivity index (χ2n) is 7.94. The molecular formula is C22H26N2O2. The number of piperidine rings is 1. The van der Waals surface area contributed by atoms with Crippen LogP contribution in [0.25, 0.3) is 11.1 Å². The van der Waals surface area contributed by atoms with E-state index in [1.807, 2.05) is 18.5 Å². The zero-order valence-electron chi connectivity index (χ0n) is 15.4. The minimum Gasteiger partial charge on any atom is -0.462 e. The molecule has 1 saturated carbocycles. The van der Waals surface area contributed by atoms with Crippen LogP contribution >= 0.6 is 0 Å². The van der Waals surface area contributed by atoms with Crippen molar-refractivity contribution in [3.8, 4) is 16.9 Å². The quantitative estimate of drug-likeness (QED) is 0.808. The van der Waals surface area contributed by atoms with Crippen LogP contribution in [-0.2, 0) is 11.3 Å².